The van der Waals surface area contributed by atoms with E-state index in [0.29, 0.717) is 13.0 Å². The van der Waals surface area contributed by atoms with Crippen LogP contribution in [0.4, 0.5) is 18.9 Å². The number of halogens is 3. The summed E-state index contributed by atoms with van der Waals surface area (Å²) in [6, 6.07) is 3.60. The van der Waals surface area contributed by atoms with E-state index < -0.39 is 18.3 Å². The summed E-state index contributed by atoms with van der Waals surface area (Å²) in [4.78, 5) is 1.63. The Hall–Kier alpha value is -1.27. The molecule has 1 aliphatic rings. The molecule has 112 valence electrons. The molecule has 1 aromatic rings. The van der Waals surface area contributed by atoms with Crippen LogP contribution in [-0.4, -0.2) is 29.4 Å². The van der Waals surface area contributed by atoms with Crippen LogP contribution in [-0.2, 0) is 12.8 Å². The molecule has 0 aromatic heterocycles. The summed E-state index contributed by atoms with van der Waals surface area (Å²) in [5.41, 5.74) is -0.420. The van der Waals surface area contributed by atoms with Crippen LogP contribution in [0.2, 0.25) is 0 Å². The van der Waals surface area contributed by atoms with Crippen LogP contribution >= 0.6 is 0 Å². The molecule has 1 atom stereocenters. The van der Waals surface area contributed by atoms with Gasteiger partial charge in [0.25, 0.3) is 0 Å². The summed E-state index contributed by atoms with van der Waals surface area (Å²) in [6.45, 7) is -0.0708. The van der Waals surface area contributed by atoms with Gasteiger partial charge in [-0.15, -0.1) is 0 Å². The molecule has 0 saturated carbocycles. The minimum absolute atomic E-state index is 0.0912. The Labute approximate surface area is 115 Å². The van der Waals surface area contributed by atoms with Crippen molar-refractivity contribution in [2.75, 3.05) is 18.1 Å². The quantitative estimate of drug-likeness (QED) is 0.898. The van der Waals surface area contributed by atoms with Gasteiger partial charge in [0.05, 0.1) is 24.8 Å². The number of aliphatic hydroxyl groups excluding tert-OH is 2. The molecule has 1 heterocycles. The Morgan fingerprint density at radius 3 is 2.55 bits per heavy atom. The van der Waals surface area contributed by atoms with Crippen molar-refractivity contribution in [1.82, 2.24) is 0 Å². The molecule has 0 bridgehead atoms. The van der Waals surface area contributed by atoms with E-state index in [1.54, 1.807) is 4.90 Å². The van der Waals surface area contributed by atoms with Gasteiger partial charge < -0.3 is 15.1 Å². The number of hydrogen-bond acceptors (Lipinski definition) is 3. The molecular formula is C14H18F3NO2. The van der Waals surface area contributed by atoms with Gasteiger partial charge in [0.1, 0.15) is 0 Å². The third-order valence-corrected chi connectivity index (χ3v) is 3.70. The van der Waals surface area contributed by atoms with Crippen molar-refractivity contribution in [1.29, 1.82) is 0 Å². The van der Waals surface area contributed by atoms with E-state index in [-0.39, 0.29) is 23.9 Å². The zero-order valence-electron chi connectivity index (χ0n) is 11.0. The van der Waals surface area contributed by atoms with Crippen molar-refractivity contribution in [3.63, 3.8) is 0 Å². The maximum absolute atomic E-state index is 13.2. The van der Waals surface area contributed by atoms with Crippen LogP contribution in [0.15, 0.2) is 18.2 Å². The van der Waals surface area contributed by atoms with Crippen molar-refractivity contribution in [3.8, 4) is 0 Å². The molecule has 6 heteroatoms. The highest BCUT2D eigenvalue weighted by Gasteiger charge is 2.36. The second-order valence-corrected chi connectivity index (χ2v) is 5.03. The summed E-state index contributed by atoms with van der Waals surface area (Å²) >= 11 is 0. The number of anilines is 1. The highest BCUT2D eigenvalue weighted by molar-refractivity contribution is 5.57. The minimum atomic E-state index is -4.47. The average molecular weight is 289 g/mol. The van der Waals surface area contributed by atoms with Gasteiger partial charge in [-0.2, -0.15) is 13.2 Å². The first kappa shape index (κ1) is 15.1. The Morgan fingerprint density at radius 1 is 1.20 bits per heavy atom. The van der Waals surface area contributed by atoms with E-state index in [1.165, 1.54) is 12.1 Å². The normalized spacial score (nSPS) is 20.2. The van der Waals surface area contributed by atoms with Crippen molar-refractivity contribution in [3.05, 3.63) is 29.3 Å². The molecule has 1 fully saturated rings. The lowest BCUT2D eigenvalue weighted by Gasteiger charge is -2.38. The highest BCUT2D eigenvalue weighted by Crippen LogP contribution is 2.39. The highest BCUT2D eigenvalue weighted by atomic mass is 19.4. The fourth-order valence-electron chi connectivity index (χ4n) is 2.67. The molecule has 3 nitrogen and oxygen atoms in total. The predicted molar refractivity (Wildman–Crippen MR) is 69.4 cm³/mol. The summed E-state index contributed by atoms with van der Waals surface area (Å²) in [5, 5.41) is 18.4. The Balaban J connectivity index is 2.44. The first-order valence-corrected chi connectivity index (χ1v) is 6.66. The number of rotatable bonds is 3. The lowest BCUT2D eigenvalue weighted by atomic mass is 9.99. The molecule has 1 aromatic carbocycles. The topological polar surface area (TPSA) is 43.7 Å². The SMILES string of the molecule is OCc1ccc(N2CCCCC2CO)c(C(F)(F)F)c1. The van der Waals surface area contributed by atoms with Crippen LogP contribution in [0.25, 0.3) is 0 Å². The van der Waals surface area contributed by atoms with E-state index in [1.807, 2.05) is 0 Å². The van der Waals surface area contributed by atoms with Gasteiger partial charge in [-0.05, 0) is 37.0 Å². The Morgan fingerprint density at radius 2 is 1.95 bits per heavy atom. The number of aliphatic hydroxyl groups is 2. The van der Waals surface area contributed by atoms with Crippen LogP contribution in [0.5, 0.6) is 0 Å². The predicted octanol–water partition coefficient (Wildman–Crippen LogP) is 2.55. The van der Waals surface area contributed by atoms with Gasteiger partial charge in [0.2, 0.25) is 0 Å². The second-order valence-electron chi connectivity index (χ2n) is 5.03. The van der Waals surface area contributed by atoms with E-state index in [4.69, 9.17) is 5.11 Å². The standard InChI is InChI=1S/C14H18F3NO2/c15-14(16,17)12-7-10(8-19)4-5-13(12)18-6-2-1-3-11(18)9-20/h4-5,7,11,19-20H,1-3,6,8-9H2. The molecule has 0 radical (unpaired) electrons. The number of benzene rings is 1. The van der Waals surface area contributed by atoms with Crippen LogP contribution in [0, 0.1) is 0 Å². The first-order valence-electron chi connectivity index (χ1n) is 6.66. The largest absolute Gasteiger partial charge is 0.418 e. The average Bonchev–Trinajstić information content (AvgIpc) is 2.45. The third-order valence-electron chi connectivity index (χ3n) is 3.70. The van der Waals surface area contributed by atoms with Gasteiger partial charge in [-0.25, -0.2) is 0 Å². The smallest absolute Gasteiger partial charge is 0.394 e. The van der Waals surface area contributed by atoms with Crippen molar-refractivity contribution in [2.45, 2.75) is 38.1 Å². The number of hydrogen-bond donors (Lipinski definition) is 2. The maximum atomic E-state index is 13.2. The van der Waals surface area contributed by atoms with E-state index in [2.05, 4.69) is 0 Å². The zero-order valence-corrected chi connectivity index (χ0v) is 11.0. The Bertz CT molecular complexity index is 462. The molecule has 0 amide bonds. The molecule has 1 aliphatic heterocycles. The second kappa shape index (κ2) is 6.01. The number of nitrogens with zero attached hydrogens (tertiary/aromatic N) is 1. The molecule has 20 heavy (non-hydrogen) atoms. The Kier molecular flexibility index (Phi) is 4.55. The van der Waals surface area contributed by atoms with E-state index >= 15 is 0 Å². The fraction of sp³-hybridized carbons (Fsp3) is 0.571. The molecule has 1 unspecified atom stereocenters. The third kappa shape index (κ3) is 3.07. The molecule has 2 rings (SSSR count). The van der Waals surface area contributed by atoms with E-state index in [9.17, 15) is 18.3 Å². The molecule has 1 saturated heterocycles. The first-order chi connectivity index (χ1) is 9.47. The van der Waals surface area contributed by atoms with Gasteiger partial charge >= 0.3 is 6.18 Å². The lowest BCUT2D eigenvalue weighted by Crippen LogP contribution is -2.42. The molecule has 2 N–H and O–H groups in total. The van der Waals surface area contributed by atoms with Gasteiger partial charge in [-0.1, -0.05) is 6.07 Å². The number of piperidine rings is 1. The van der Waals surface area contributed by atoms with Crippen LogP contribution in [0.1, 0.15) is 30.4 Å². The van der Waals surface area contributed by atoms with Gasteiger partial charge in [0.15, 0.2) is 0 Å². The molecule has 0 spiro atoms. The molecular weight excluding hydrogens is 271 g/mol. The number of alkyl halides is 3. The van der Waals surface area contributed by atoms with Gasteiger partial charge in [0, 0.05) is 12.2 Å². The maximum Gasteiger partial charge on any atom is 0.418 e. The molecule has 0 aliphatic carbocycles. The van der Waals surface area contributed by atoms with Crippen molar-refractivity contribution >= 4 is 5.69 Å². The van der Waals surface area contributed by atoms with Crippen molar-refractivity contribution in [2.24, 2.45) is 0 Å². The fourth-order valence-corrected chi connectivity index (χ4v) is 2.67. The summed E-state index contributed by atoms with van der Waals surface area (Å²) in [6.07, 6.45) is -2.05. The summed E-state index contributed by atoms with van der Waals surface area (Å²) < 4.78 is 39.5. The van der Waals surface area contributed by atoms with Crippen LogP contribution in [0.3, 0.4) is 0 Å². The summed E-state index contributed by atoms with van der Waals surface area (Å²) in [7, 11) is 0. The van der Waals surface area contributed by atoms with Gasteiger partial charge in [-0.3, -0.25) is 0 Å². The van der Waals surface area contributed by atoms with Crippen LogP contribution < -0.4 is 4.90 Å². The monoisotopic (exact) mass is 289 g/mol. The zero-order chi connectivity index (χ0) is 14.8. The minimum Gasteiger partial charge on any atom is -0.394 e. The van der Waals surface area contributed by atoms with Crippen molar-refractivity contribution < 1.29 is 23.4 Å². The lowest BCUT2D eigenvalue weighted by molar-refractivity contribution is -0.137. The summed E-state index contributed by atoms with van der Waals surface area (Å²) in [5.74, 6) is 0. The van der Waals surface area contributed by atoms with E-state index in [0.717, 1.165) is 18.9 Å².